The van der Waals surface area contributed by atoms with Crippen molar-refractivity contribution in [2.45, 2.75) is 27.7 Å². The van der Waals surface area contributed by atoms with Crippen molar-refractivity contribution in [3.8, 4) is 33.6 Å². The second-order valence-electron chi connectivity index (χ2n) is 11.5. The van der Waals surface area contributed by atoms with E-state index in [0.29, 0.717) is 21.9 Å². The molecular weight excluding hydrogens is 762 g/mol. The van der Waals surface area contributed by atoms with E-state index in [1.807, 2.05) is 103 Å². The molecule has 0 aliphatic rings. The van der Waals surface area contributed by atoms with Crippen LogP contribution in [0, 0.1) is 19.8 Å². The van der Waals surface area contributed by atoms with Gasteiger partial charge in [-0.2, -0.15) is 4.39 Å². The first-order chi connectivity index (χ1) is 25.0. The fourth-order valence-corrected chi connectivity index (χ4v) is 7.16. The first-order valence-corrected chi connectivity index (χ1v) is 18.5. The largest absolute Gasteiger partial charge is 0.274 e. The number of rotatable bonds is 7. The Kier molecular flexibility index (Phi) is 11.3. The van der Waals surface area contributed by atoms with Gasteiger partial charge in [-0.05, 0) is 67.4 Å². The number of hydrogen-bond donors (Lipinski definition) is 0. The maximum atomic E-state index is 13.3. The van der Waals surface area contributed by atoms with E-state index in [2.05, 4.69) is 40.8 Å². The number of carbonyl (C=O) groups excluding carboxylic acids is 2. The van der Waals surface area contributed by atoms with Crippen LogP contribution in [0.15, 0.2) is 118 Å². The van der Waals surface area contributed by atoms with Gasteiger partial charge >= 0.3 is 0 Å². The molecule has 52 heavy (non-hydrogen) atoms. The van der Waals surface area contributed by atoms with Gasteiger partial charge in [-0.25, -0.2) is 34.7 Å². The Hall–Kier alpha value is -5.50. The molecule has 0 bridgehead atoms. The zero-order chi connectivity index (χ0) is 36.8. The minimum absolute atomic E-state index is 0.111. The molecule has 0 N–H and O–H groups in total. The van der Waals surface area contributed by atoms with Crippen LogP contribution < -0.4 is 9.80 Å². The number of thiazole rings is 2. The number of aromatic nitrogens is 5. The van der Waals surface area contributed by atoms with Crippen LogP contribution in [0.1, 0.15) is 25.2 Å². The molecule has 5 heterocycles. The van der Waals surface area contributed by atoms with Crippen molar-refractivity contribution in [2.75, 3.05) is 9.80 Å². The maximum Gasteiger partial charge on any atom is 0.231 e. The Bertz CT molecular complexity index is 2350. The third-order valence-corrected chi connectivity index (χ3v) is 9.76. The van der Waals surface area contributed by atoms with Gasteiger partial charge in [-0.3, -0.25) is 9.59 Å². The summed E-state index contributed by atoms with van der Waals surface area (Å²) in [5.41, 5.74) is 6.86. The number of halogens is 2. The van der Waals surface area contributed by atoms with Gasteiger partial charge in [-0.15, -0.1) is 22.7 Å². The van der Waals surface area contributed by atoms with Crippen molar-refractivity contribution in [2.24, 2.45) is 0 Å². The number of carbonyl (C=O) groups is 2. The molecule has 0 saturated carbocycles. The van der Waals surface area contributed by atoms with Gasteiger partial charge in [0.15, 0.2) is 10.3 Å². The monoisotopic (exact) mass is 791 g/mol. The zero-order valence-corrected chi connectivity index (χ0v) is 31.7. The van der Waals surface area contributed by atoms with Crippen molar-refractivity contribution >= 4 is 72.3 Å². The lowest BCUT2D eigenvalue weighted by atomic mass is 10.0. The van der Waals surface area contributed by atoms with Crippen molar-refractivity contribution in [1.82, 2.24) is 24.9 Å². The average Bonchev–Trinajstić information content (AvgIpc) is 3.80. The smallest absolute Gasteiger partial charge is 0.231 e. The third kappa shape index (κ3) is 8.68. The molecule has 2 amide bonds. The topological polar surface area (TPSA) is 105 Å². The highest BCUT2D eigenvalue weighted by molar-refractivity contribution is 9.10. The van der Waals surface area contributed by atoms with Crippen LogP contribution in [0.3, 0.4) is 0 Å². The number of benzene rings is 2. The summed E-state index contributed by atoms with van der Waals surface area (Å²) >= 11 is 6.23. The van der Waals surface area contributed by atoms with E-state index in [1.165, 1.54) is 53.7 Å². The summed E-state index contributed by atoms with van der Waals surface area (Å²) in [6, 6.07) is 29.9. The summed E-state index contributed by atoms with van der Waals surface area (Å²) in [5.74, 6) is 0.367. The van der Waals surface area contributed by atoms with Gasteiger partial charge in [0, 0.05) is 63.9 Å². The summed E-state index contributed by atoms with van der Waals surface area (Å²) in [5, 5.41) is 5.03. The average molecular weight is 793 g/mol. The second-order valence-corrected chi connectivity index (χ2v) is 14.1. The van der Waals surface area contributed by atoms with Crippen LogP contribution >= 0.6 is 38.6 Å². The van der Waals surface area contributed by atoms with E-state index in [0.717, 1.165) is 49.5 Å². The van der Waals surface area contributed by atoms with Crippen molar-refractivity contribution in [3.63, 3.8) is 0 Å². The summed E-state index contributed by atoms with van der Waals surface area (Å²) in [7, 11) is 0. The normalized spacial score (nSPS) is 10.7. The Labute approximate surface area is 316 Å². The predicted octanol–water partition coefficient (Wildman–Crippen LogP) is 10.4. The van der Waals surface area contributed by atoms with Crippen molar-refractivity contribution in [1.29, 1.82) is 0 Å². The lowest BCUT2D eigenvalue weighted by molar-refractivity contribution is -0.116. The minimum Gasteiger partial charge on any atom is -0.274 e. The van der Waals surface area contributed by atoms with Gasteiger partial charge in [-0.1, -0.05) is 64.5 Å². The summed E-state index contributed by atoms with van der Waals surface area (Å²) < 4.78 is 14.4. The molecule has 0 unspecified atom stereocenters. The third-order valence-electron chi connectivity index (χ3n) is 7.58. The molecule has 7 aromatic rings. The first kappa shape index (κ1) is 36.3. The molecule has 0 fully saturated rings. The van der Waals surface area contributed by atoms with Gasteiger partial charge in [0.2, 0.25) is 17.8 Å². The molecule has 260 valence electrons. The summed E-state index contributed by atoms with van der Waals surface area (Å²) in [6.45, 7) is 6.79. The molecule has 5 aromatic heterocycles. The second kappa shape index (κ2) is 16.2. The molecule has 9 nitrogen and oxygen atoms in total. The molecule has 13 heteroatoms. The summed E-state index contributed by atoms with van der Waals surface area (Å²) in [6.07, 6.45) is 1.45. The molecule has 0 spiro atoms. The Morgan fingerprint density at radius 1 is 0.615 bits per heavy atom. The number of amides is 2. The SMILES string of the molecule is CC(=O)N(c1cccc(C)n1)c1nc(-c2ccc(-c3ccnc(F)c3)cc2)cs1.CC(=O)N(c1cccc(C)n1)c1nc(-c2ccc(Br)cc2)cs1. The molecule has 0 saturated heterocycles. The first-order valence-electron chi connectivity index (χ1n) is 15.9. The lowest BCUT2D eigenvalue weighted by Gasteiger charge is -2.17. The highest BCUT2D eigenvalue weighted by atomic mass is 79.9. The standard InChI is InChI=1S/C22H17FN4OS.C17H14BrN3OS/c1-14-4-3-5-21(25-14)27(15(2)28)22-26-19(13-29-22)17-8-6-16(7-9-17)18-10-11-24-20(23)12-18;1-11-4-3-5-16(19-11)21(12(2)22)17-20-15(10-23-17)13-6-8-14(18)9-7-13/h3-13H,1-2H3;3-10H,1-2H3. The van der Waals surface area contributed by atoms with Gasteiger partial charge in [0.05, 0.1) is 11.4 Å². The fourth-order valence-electron chi connectivity index (χ4n) is 5.13. The molecular formula is C39H31BrFN7O2S2. The highest BCUT2D eigenvalue weighted by Crippen LogP contribution is 2.34. The number of pyridine rings is 3. The number of aryl methyl sites for hydroxylation is 2. The van der Waals surface area contributed by atoms with E-state index in [1.54, 1.807) is 17.0 Å². The minimum atomic E-state index is -0.509. The van der Waals surface area contributed by atoms with Crippen LogP contribution in [-0.4, -0.2) is 36.7 Å². The van der Waals surface area contributed by atoms with Crippen LogP contribution in [0.2, 0.25) is 0 Å². The maximum absolute atomic E-state index is 13.3. The van der Waals surface area contributed by atoms with Crippen LogP contribution in [0.5, 0.6) is 0 Å². The molecule has 2 aromatic carbocycles. The van der Waals surface area contributed by atoms with E-state index in [4.69, 9.17) is 0 Å². The molecule has 0 radical (unpaired) electrons. The Morgan fingerprint density at radius 2 is 1.08 bits per heavy atom. The molecule has 0 aliphatic carbocycles. The fraction of sp³-hybridized carbons (Fsp3) is 0.103. The number of nitrogens with zero attached hydrogens (tertiary/aromatic N) is 7. The van der Waals surface area contributed by atoms with Gasteiger partial charge in [0.1, 0.15) is 11.6 Å². The van der Waals surface area contributed by atoms with Crippen molar-refractivity contribution in [3.05, 3.63) is 136 Å². The van der Waals surface area contributed by atoms with E-state index < -0.39 is 5.95 Å². The molecule has 0 atom stereocenters. The van der Waals surface area contributed by atoms with E-state index in [-0.39, 0.29) is 11.8 Å². The highest BCUT2D eigenvalue weighted by Gasteiger charge is 2.21. The molecule has 0 aliphatic heterocycles. The number of anilines is 4. The number of hydrogen-bond acceptors (Lipinski definition) is 9. The summed E-state index contributed by atoms with van der Waals surface area (Å²) in [4.78, 5) is 49.1. The molecule has 7 rings (SSSR count). The van der Waals surface area contributed by atoms with Gasteiger partial charge in [0.25, 0.3) is 0 Å². The lowest BCUT2D eigenvalue weighted by Crippen LogP contribution is -2.23. The van der Waals surface area contributed by atoms with Crippen LogP contribution in [-0.2, 0) is 9.59 Å². The quantitative estimate of drug-likeness (QED) is 0.148. The van der Waals surface area contributed by atoms with Crippen molar-refractivity contribution < 1.29 is 14.0 Å². The van der Waals surface area contributed by atoms with E-state index >= 15 is 0 Å². The van der Waals surface area contributed by atoms with Crippen LogP contribution in [0.4, 0.5) is 26.3 Å². The Morgan fingerprint density at radius 3 is 1.52 bits per heavy atom. The predicted molar refractivity (Wildman–Crippen MR) is 210 cm³/mol. The van der Waals surface area contributed by atoms with Crippen LogP contribution in [0.25, 0.3) is 33.6 Å². The van der Waals surface area contributed by atoms with Gasteiger partial charge < -0.3 is 0 Å². The zero-order valence-electron chi connectivity index (χ0n) is 28.5. The Balaban J connectivity index is 0.000000183. The van der Waals surface area contributed by atoms with E-state index in [9.17, 15) is 14.0 Å².